The molecule has 0 amide bonds. The monoisotopic (exact) mass is 400 g/mol. The molecule has 0 heterocycles. The zero-order valence-corrected chi connectivity index (χ0v) is 18.0. The first-order valence-corrected chi connectivity index (χ1v) is 9.41. The van der Waals surface area contributed by atoms with E-state index in [2.05, 4.69) is 13.8 Å². The van der Waals surface area contributed by atoms with E-state index in [0.29, 0.717) is 40.7 Å². The zero-order valence-electron chi connectivity index (χ0n) is 18.0. The summed E-state index contributed by atoms with van der Waals surface area (Å²) in [4.78, 5) is 13.3. The lowest BCUT2D eigenvalue weighted by molar-refractivity contribution is 0.0937. The summed E-state index contributed by atoms with van der Waals surface area (Å²) in [5.41, 5.74) is 2.03. The topological polar surface area (TPSA) is 63.2 Å². The standard InChI is InChI=1S/C23H28O6/c1-23(2)16(13-8-14(25-3)10-15(9-13)26-4)11-18(24)20-17(23)12-19(27-5)21(28-6)22(20)29-7/h8-10,12,16H,11H2,1-7H3. The van der Waals surface area contributed by atoms with Crippen LogP contribution in [0.15, 0.2) is 24.3 Å². The minimum atomic E-state index is -0.381. The molecule has 6 heteroatoms. The van der Waals surface area contributed by atoms with Gasteiger partial charge in [-0.25, -0.2) is 0 Å². The second-order valence-corrected chi connectivity index (χ2v) is 7.62. The Balaban J connectivity index is 2.24. The van der Waals surface area contributed by atoms with E-state index < -0.39 is 0 Å². The van der Waals surface area contributed by atoms with Gasteiger partial charge in [0.15, 0.2) is 17.3 Å². The van der Waals surface area contributed by atoms with Crippen LogP contribution in [0.2, 0.25) is 0 Å². The molecule has 1 atom stereocenters. The third-order valence-corrected chi connectivity index (χ3v) is 5.84. The molecular weight excluding hydrogens is 372 g/mol. The summed E-state index contributed by atoms with van der Waals surface area (Å²) in [6.07, 6.45) is 0.335. The molecule has 0 bridgehead atoms. The van der Waals surface area contributed by atoms with Crippen LogP contribution in [0, 0.1) is 0 Å². The fraction of sp³-hybridized carbons (Fsp3) is 0.435. The van der Waals surface area contributed by atoms with E-state index in [1.54, 1.807) is 21.3 Å². The number of fused-ring (bicyclic) bond motifs is 1. The number of hydrogen-bond donors (Lipinski definition) is 0. The molecule has 2 aromatic carbocycles. The Morgan fingerprint density at radius 2 is 1.38 bits per heavy atom. The predicted molar refractivity (Wildman–Crippen MR) is 110 cm³/mol. The number of hydrogen-bond acceptors (Lipinski definition) is 6. The largest absolute Gasteiger partial charge is 0.497 e. The lowest BCUT2D eigenvalue weighted by Crippen LogP contribution is -2.35. The normalized spacial score (nSPS) is 17.3. The lowest BCUT2D eigenvalue weighted by atomic mass is 9.62. The smallest absolute Gasteiger partial charge is 0.204 e. The molecule has 3 rings (SSSR count). The van der Waals surface area contributed by atoms with Gasteiger partial charge >= 0.3 is 0 Å². The summed E-state index contributed by atoms with van der Waals surface area (Å²) >= 11 is 0. The van der Waals surface area contributed by atoms with Crippen molar-refractivity contribution in [3.05, 3.63) is 41.0 Å². The van der Waals surface area contributed by atoms with E-state index in [1.807, 2.05) is 24.3 Å². The molecule has 1 unspecified atom stereocenters. The van der Waals surface area contributed by atoms with Crippen LogP contribution in [-0.2, 0) is 5.41 Å². The van der Waals surface area contributed by atoms with Gasteiger partial charge in [0.05, 0.1) is 41.1 Å². The third kappa shape index (κ3) is 3.37. The Morgan fingerprint density at radius 1 is 0.793 bits per heavy atom. The minimum absolute atomic E-state index is 0.00362. The van der Waals surface area contributed by atoms with Gasteiger partial charge in [-0.2, -0.15) is 0 Å². The molecule has 1 aliphatic carbocycles. The van der Waals surface area contributed by atoms with E-state index in [4.69, 9.17) is 23.7 Å². The van der Waals surface area contributed by atoms with Gasteiger partial charge in [0.25, 0.3) is 0 Å². The van der Waals surface area contributed by atoms with E-state index in [9.17, 15) is 4.79 Å². The lowest BCUT2D eigenvalue weighted by Gasteiger charge is -2.41. The maximum Gasteiger partial charge on any atom is 0.204 e. The second kappa shape index (κ2) is 7.85. The first kappa shape index (κ1) is 20.8. The van der Waals surface area contributed by atoms with Gasteiger partial charge in [0.2, 0.25) is 5.75 Å². The van der Waals surface area contributed by atoms with Gasteiger partial charge in [0.1, 0.15) is 11.5 Å². The van der Waals surface area contributed by atoms with E-state index in [1.165, 1.54) is 14.2 Å². The van der Waals surface area contributed by atoms with Gasteiger partial charge in [-0.05, 0) is 34.7 Å². The van der Waals surface area contributed by atoms with Crippen LogP contribution >= 0.6 is 0 Å². The van der Waals surface area contributed by atoms with E-state index in [0.717, 1.165) is 11.1 Å². The molecule has 0 aromatic heterocycles. The number of benzene rings is 2. The van der Waals surface area contributed by atoms with Crippen molar-refractivity contribution in [1.82, 2.24) is 0 Å². The van der Waals surface area contributed by atoms with Gasteiger partial charge < -0.3 is 23.7 Å². The zero-order chi connectivity index (χ0) is 21.3. The number of carbonyl (C=O) groups is 1. The quantitative estimate of drug-likeness (QED) is 0.717. The van der Waals surface area contributed by atoms with Crippen LogP contribution in [0.1, 0.15) is 47.7 Å². The molecular formula is C23H28O6. The van der Waals surface area contributed by atoms with Crippen molar-refractivity contribution >= 4 is 5.78 Å². The van der Waals surface area contributed by atoms with Gasteiger partial charge in [-0.15, -0.1) is 0 Å². The Labute approximate surface area is 171 Å². The highest BCUT2D eigenvalue weighted by Gasteiger charge is 2.44. The Morgan fingerprint density at radius 3 is 1.86 bits per heavy atom. The summed E-state index contributed by atoms with van der Waals surface area (Å²) in [5.74, 6) is 2.70. The molecule has 0 N–H and O–H groups in total. The van der Waals surface area contributed by atoms with Gasteiger partial charge in [-0.3, -0.25) is 4.79 Å². The van der Waals surface area contributed by atoms with Gasteiger partial charge in [-0.1, -0.05) is 13.8 Å². The van der Waals surface area contributed by atoms with Gasteiger partial charge in [0, 0.05) is 18.4 Å². The summed E-state index contributed by atoms with van der Waals surface area (Å²) in [6.45, 7) is 4.25. The molecule has 0 spiro atoms. The minimum Gasteiger partial charge on any atom is -0.497 e. The first-order valence-electron chi connectivity index (χ1n) is 9.41. The Kier molecular flexibility index (Phi) is 5.64. The number of ether oxygens (including phenoxy) is 5. The molecule has 2 aromatic rings. The Bertz CT molecular complexity index is 909. The molecule has 0 saturated heterocycles. The van der Waals surface area contributed by atoms with Crippen molar-refractivity contribution in [2.24, 2.45) is 0 Å². The van der Waals surface area contributed by atoms with Crippen molar-refractivity contribution < 1.29 is 28.5 Å². The SMILES string of the molecule is COc1cc(OC)cc(C2CC(=O)c3c(cc(OC)c(OC)c3OC)C2(C)C)c1. The average molecular weight is 400 g/mol. The maximum absolute atomic E-state index is 13.3. The predicted octanol–water partition coefficient (Wildman–Crippen LogP) is 4.38. The van der Waals surface area contributed by atoms with E-state index in [-0.39, 0.29) is 17.1 Å². The highest BCUT2D eigenvalue weighted by atomic mass is 16.5. The van der Waals surface area contributed by atoms with Crippen molar-refractivity contribution in [1.29, 1.82) is 0 Å². The van der Waals surface area contributed by atoms with Crippen LogP contribution in [0.25, 0.3) is 0 Å². The van der Waals surface area contributed by atoms with Crippen LogP contribution < -0.4 is 23.7 Å². The number of ketones is 1. The van der Waals surface area contributed by atoms with Crippen LogP contribution in [0.5, 0.6) is 28.7 Å². The molecule has 0 saturated carbocycles. The average Bonchev–Trinajstić information content (AvgIpc) is 2.73. The molecule has 156 valence electrons. The highest BCUT2D eigenvalue weighted by molar-refractivity contribution is 6.03. The number of Topliss-reactive ketones (excluding diaryl/α,β-unsaturated/α-hetero) is 1. The summed E-state index contributed by atoms with van der Waals surface area (Å²) in [7, 11) is 7.89. The molecule has 29 heavy (non-hydrogen) atoms. The first-order chi connectivity index (χ1) is 13.8. The van der Waals surface area contributed by atoms with Crippen molar-refractivity contribution in [2.75, 3.05) is 35.5 Å². The molecule has 0 aliphatic heterocycles. The van der Waals surface area contributed by atoms with Crippen molar-refractivity contribution in [3.8, 4) is 28.7 Å². The Hall–Kier alpha value is -2.89. The molecule has 6 nitrogen and oxygen atoms in total. The van der Waals surface area contributed by atoms with Crippen LogP contribution in [0.4, 0.5) is 0 Å². The maximum atomic E-state index is 13.3. The van der Waals surface area contributed by atoms with E-state index >= 15 is 0 Å². The fourth-order valence-corrected chi connectivity index (χ4v) is 4.24. The molecule has 0 fully saturated rings. The van der Waals surface area contributed by atoms with Crippen molar-refractivity contribution in [3.63, 3.8) is 0 Å². The summed E-state index contributed by atoms with van der Waals surface area (Å²) in [5, 5.41) is 0. The highest BCUT2D eigenvalue weighted by Crippen LogP contribution is 2.54. The summed E-state index contributed by atoms with van der Waals surface area (Å²) in [6, 6.07) is 7.64. The van der Waals surface area contributed by atoms with Crippen LogP contribution in [0.3, 0.4) is 0 Å². The molecule has 1 aliphatic rings. The second-order valence-electron chi connectivity index (χ2n) is 7.62. The number of rotatable bonds is 6. The third-order valence-electron chi connectivity index (χ3n) is 5.84. The van der Waals surface area contributed by atoms with Crippen molar-refractivity contribution in [2.45, 2.75) is 31.6 Å². The number of carbonyl (C=O) groups excluding carboxylic acids is 1. The number of methoxy groups -OCH3 is 5. The summed E-state index contributed by atoms with van der Waals surface area (Å²) < 4.78 is 27.5. The molecule has 0 radical (unpaired) electrons. The fourth-order valence-electron chi connectivity index (χ4n) is 4.24. The van der Waals surface area contributed by atoms with Crippen LogP contribution in [-0.4, -0.2) is 41.3 Å².